The molecule has 0 spiro atoms. The van der Waals surface area contributed by atoms with Crippen molar-refractivity contribution in [2.75, 3.05) is 5.32 Å². The summed E-state index contributed by atoms with van der Waals surface area (Å²) in [5.41, 5.74) is 1.15. The second-order valence-corrected chi connectivity index (χ2v) is 6.07. The van der Waals surface area contributed by atoms with Crippen LogP contribution in [0.2, 0.25) is 0 Å². The van der Waals surface area contributed by atoms with Gasteiger partial charge in [-0.25, -0.2) is 13.8 Å². The number of nitrogens with zero attached hydrogens (tertiary/aromatic N) is 2. The number of benzene rings is 2. The molecule has 0 aliphatic heterocycles. The van der Waals surface area contributed by atoms with Crippen LogP contribution in [-0.4, -0.2) is 10.9 Å². The average molecular weight is 379 g/mol. The molecule has 2 aromatic carbocycles. The van der Waals surface area contributed by atoms with E-state index in [1.165, 1.54) is 31.2 Å². The zero-order chi connectivity index (χ0) is 20.3. The lowest BCUT2D eigenvalue weighted by Gasteiger charge is -2.13. The zero-order valence-electron chi connectivity index (χ0n) is 15.1. The first-order valence-corrected chi connectivity index (χ1v) is 8.30. The van der Waals surface area contributed by atoms with Gasteiger partial charge in [0, 0.05) is 5.69 Å². The molecule has 0 aliphatic carbocycles. The van der Waals surface area contributed by atoms with E-state index in [0.717, 1.165) is 6.07 Å². The summed E-state index contributed by atoms with van der Waals surface area (Å²) < 4.78 is 33.0. The van der Waals surface area contributed by atoms with Crippen LogP contribution in [0, 0.1) is 36.8 Å². The highest BCUT2D eigenvalue weighted by atomic mass is 19.1. The Bertz CT molecular complexity index is 1110. The van der Waals surface area contributed by atoms with E-state index >= 15 is 0 Å². The Hall–Kier alpha value is -3.79. The second-order valence-electron chi connectivity index (χ2n) is 6.07. The Morgan fingerprint density at radius 3 is 2.64 bits per heavy atom. The minimum absolute atomic E-state index is 0.0535. The van der Waals surface area contributed by atoms with Gasteiger partial charge in [-0.2, -0.15) is 5.26 Å². The average Bonchev–Trinajstić information content (AvgIpc) is 2.66. The number of nitriles is 1. The Morgan fingerprint density at radius 1 is 1.14 bits per heavy atom. The predicted octanol–water partition coefficient (Wildman–Crippen LogP) is 4.89. The standard InChI is InChI=1S/C21H15F2N3O2/c1-12-8-15(22)6-7-19(12)28-21-17(10-18(23)13(2)25-21)20(27)26-16-5-3-4-14(9-16)11-24/h3-10H,1-2H3,(H,26,27). The number of aryl methyl sites for hydroxylation is 2. The van der Waals surface area contributed by atoms with Gasteiger partial charge in [-0.3, -0.25) is 4.79 Å². The SMILES string of the molecule is Cc1cc(F)ccc1Oc1nc(C)c(F)cc1C(=O)Nc1cccc(C#N)c1. The molecule has 1 aromatic heterocycles. The highest BCUT2D eigenvalue weighted by Gasteiger charge is 2.19. The summed E-state index contributed by atoms with van der Waals surface area (Å²) in [6, 6.07) is 13.2. The Kier molecular flexibility index (Phi) is 5.32. The molecule has 0 bridgehead atoms. The van der Waals surface area contributed by atoms with Crippen LogP contribution in [0.3, 0.4) is 0 Å². The second kappa shape index (κ2) is 7.84. The molecule has 3 rings (SSSR count). The topological polar surface area (TPSA) is 75.0 Å². The third-order valence-electron chi connectivity index (χ3n) is 3.95. The van der Waals surface area contributed by atoms with Crippen molar-refractivity contribution in [3.63, 3.8) is 0 Å². The summed E-state index contributed by atoms with van der Waals surface area (Å²) in [5, 5.41) is 11.6. The van der Waals surface area contributed by atoms with Crippen LogP contribution in [0.25, 0.3) is 0 Å². The van der Waals surface area contributed by atoms with Crippen LogP contribution in [-0.2, 0) is 0 Å². The first-order valence-electron chi connectivity index (χ1n) is 8.30. The lowest BCUT2D eigenvalue weighted by Crippen LogP contribution is -2.15. The molecule has 7 heteroatoms. The molecule has 0 atom stereocenters. The summed E-state index contributed by atoms with van der Waals surface area (Å²) in [6.07, 6.45) is 0. The van der Waals surface area contributed by atoms with Crippen molar-refractivity contribution < 1.29 is 18.3 Å². The van der Waals surface area contributed by atoms with Gasteiger partial charge in [0.1, 0.15) is 22.9 Å². The Labute approximate surface area is 160 Å². The molecular formula is C21H15F2N3O2. The van der Waals surface area contributed by atoms with E-state index < -0.39 is 17.5 Å². The van der Waals surface area contributed by atoms with E-state index in [4.69, 9.17) is 10.00 Å². The molecule has 0 fully saturated rings. The number of ether oxygens (including phenoxy) is 1. The third kappa shape index (κ3) is 4.13. The molecule has 5 nitrogen and oxygen atoms in total. The zero-order valence-corrected chi connectivity index (χ0v) is 15.1. The number of hydrogen-bond donors (Lipinski definition) is 1. The van der Waals surface area contributed by atoms with E-state index in [2.05, 4.69) is 10.3 Å². The molecule has 1 N–H and O–H groups in total. The van der Waals surface area contributed by atoms with Gasteiger partial charge in [0.2, 0.25) is 5.88 Å². The molecule has 0 radical (unpaired) electrons. The van der Waals surface area contributed by atoms with Crippen molar-refractivity contribution in [1.82, 2.24) is 4.98 Å². The number of nitrogens with one attached hydrogen (secondary N) is 1. The van der Waals surface area contributed by atoms with Crippen molar-refractivity contribution in [2.24, 2.45) is 0 Å². The fourth-order valence-electron chi connectivity index (χ4n) is 2.50. The number of carbonyl (C=O) groups excluding carboxylic acids is 1. The maximum Gasteiger partial charge on any atom is 0.261 e. The van der Waals surface area contributed by atoms with Crippen LogP contribution in [0.1, 0.15) is 27.2 Å². The van der Waals surface area contributed by atoms with Gasteiger partial charge in [0.15, 0.2) is 0 Å². The van der Waals surface area contributed by atoms with Crippen molar-refractivity contribution in [3.8, 4) is 17.7 Å². The van der Waals surface area contributed by atoms with Crippen molar-refractivity contribution >= 4 is 11.6 Å². The van der Waals surface area contributed by atoms with Gasteiger partial charge in [-0.1, -0.05) is 6.07 Å². The van der Waals surface area contributed by atoms with Gasteiger partial charge in [0.05, 0.1) is 17.3 Å². The molecule has 3 aromatic rings. The summed E-state index contributed by atoms with van der Waals surface area (Å²) in [4.78, 5) is 16.7. The van der Waals surface area contributed by atoms with Crippen molar-refractivity contribution in [3.05, 3.63) is 82.5 Å². The Balaban J connectivity index is 1.96. The smallest absolute Gasteiger partial charge is 0.261 e. The number of carbonyl (C=O) groups is 1. The highest BCUT2D eigenvalue weighted by Crippen LogP contribution is 2.28. The summed E-state index contributed by atoms with van der Waals surface area (Å²) in [5.74, 6) is -1.57. The van der Waals surface area contributed by atoms with Crippen LogP contribution in [0.15, 0.2) is 48.5 Å². The van der Waals surface area contributed by atoms with Gasteiger partial charge in [-0.05, 0) is 61.9 Å². The number of anilines is 1. The minimum Gasteiger partial charge on any atom is -0.438 e. The Morgan fingerprint density at radius 2 is 1.93 bits per heavy atom. The quantitative estimate of drug-likeness (QED) is 0.700. The number of halogens is 2. The number of amides is 1. The van der Waals surface area contributed by atoms with E-state index in [1.807, 2.05) is 6.07 Å². The van der Waals surface area contributed by atoms with Gasteiger partial charge in [0.25, 0.3) is 5.91 Å². The van der Waals surface area contributed by atoms with Crippen molar-refractivity contribution in [2.45, 2.75) is 13.8 Å². The third-order valence-corrected chi connectivity index (χ3v) is 3.95. The predicted molar refractivity (Wildman–Crippen MR) is 99.3 cm³/mol. The van der Waals surface area contributed by atoms with Gasteiger partial charge >= 0.3 is 0 Å². The van der Waals surface area contributed by atoms with E-state index in [9.17, 15) is 13.6 Å². The largest absolute Gasteiger partial charge is 0.438 e. The highest BCUT2D eigenvalue weighted by molar-refractivity contribution is 6.06. The van der Waals surface area contributed by atoms with Crippen LogP contribution in [0.5, 0.6) is 11.6 Å². The molecular weight excluding hydrogens is 364 g/mol. The molecule has 1 amide bonds. The lowest BCUT2D eigenvalue weighted by molar-refractivity contribution is 0.102. The molecule has 0 unspecified atom stereocenters. The van der Waals surface area contributed by atoms with Crippen LogP contribution >= 0.6 is 0 Å². The minimum atomic E-state index is -0.667. The summed E-state index contributed by atoms with van der Waals surface area (Å²) in [7, 11) is 0. The first kappa shape index (κ1) is 19.0. The van der Waals surface area contributed by atoms with Crippen LogP contribution < -0.4 is 10.1 Å². The molecule has 0 aliphatic rings. The van der Waals surface area contributed by atoms with Crippen molar-refractivity contribution in [1.29, 1.82) is 5.26 Å². The molecule has 28 heavy (non-hydrogen) atoms. The lowest BCUT2D eigenvalue weighted by atomic mass is 10.2. The number of hydrogen-bond acceptors (Lipinski definition) is 4. The fraction of sp³-hybridized carbons (Fsp3) is 0.0952. The summed E-state index contributed by atoms with van der Waals surface area (Å²) in [6.45, 7) is 3.08. The van der Waals surface area contributed by atoms with Gasteiger partial charge < -0.3 is 10.1 Å². The number of aromatic nitrogens is 1. The first-order chi connectivity index (χ1) is 13.4. The van der Waals surface area contributed by atoms with E-state index in [1.54, 1.807) is 25.1 Å². The normalized spacial score (nSPS) is 10.2. The monoisotopic (exact) mass is 379 g/mol. The van der Waals surface area contributed by atoms with Gasteiger partial charge in [-0.15, -0.1) is 0 Å². The fourth-order valence-corrected chi connectivity index (χ4v) is 2.50. The van der Waals surface area contributed by atoms with E-state index in [0.29, 0.717) is 22.6 Å². The molecule has 140 valence electrons. The number of rotatable bonds is 4. The molecule has 0 saturated carbocycles. The molecule has 0 saturated heterocycles. The van der Waals surface area contributed by atoms with Crippen LogP contribution in [0.4, 0.5) is 14.5 Å². The van der Waals surface area contributed by atoms with E-state index in [-0.39, 0.29) is 17.1 Å². The maximum atomic E-state index is 14.1. The maximum absolute atomic E-state index is 14.1. The number of pyridine rings is 1. The molecule has 1 heterocycles. The summed E-state index contributed by atoms with van der Waals surface area (Å²) >= 11 is 0.